The highest BCUT2D eigenvalue weighted by molar-refractivity contribution is 5.99. The first-order valence-corrected chi connectivity index (χ1v) is 6.31. The fraction of sp³-hybridized carbons (Fsp3) is 0.333. The largest absolute Gasteiger partial charge is 0.293 e. The van der Waals surface area contributed by atoms with Gasteiger partial charge in [-0.2, -0.15) is 9.49 Å². The minimum absolute atomic E-state index is 0.0516. The molecule has 0 N–H and O–H groups in total. The van der Waals surface area contributed by atoms with E-state index in [0.29, 0.717) is 12.1 Å². The zero-order valence-corrected chi connectivity index (χ0v) is 11.4. The van der Waals surface area contributed by atoms with Gasteiger partial charge in [0.25, 0.3) is 0 Å². The van der Waals surface area contributed by atoms with Gasteiger partial charge < -0.3 is 0 Å². The van der Waals surface area contributed by atoms with E-state index in [9.17, 15) is 9.18 Å². The van der Waals surface area contributed by atoms with Gasteiger partial charge in [0.1, 0.15) is 0 Å². The lowest BCUT2D eigenvalue weighted by Crippen LogP contribution is -2.24. The van der Waals surface area contributed by atoms with Crippen LogP contribution in [0.3, 0.4) is 0 Å². The molecule has 0 aliphatic heterocycles. The Morgan fingerprint density at radius 2 is 1.95 bits per heavy atom. The second kappa shape index (κ2) is 4.96. The molecular formula is C15H17FN2O. The van der Waals surface area contributed by atoms with Crippen LogP contribution in [0.4, 0.5) is 4.39 Å². The third kappa shape index (κ3) is 2.43. The van der Waals surface area contributed by atoms with E-state index < -0.39 is 11.4 Å². The third-order valence-corrected chi connectivity index (χ3v) is 3.45. The average molecular weight is 260 g/mol. The number of nitrogens with zero attached hydrogens (tertiary/aromatic N) is 2. The van der Waals surface area contributed by atoms with Gasteiger partial charge >= 0.3 is 0 Å². The van der Waals surface area contributed by atoms with Crippen molar-refractivity contribution in [1.29, 1.82) is 0 Å². The molecule has 0 radical (unpaired) electrons. The number of carbonyl (C=O) groups excluding carboxylic acids is 1. The number of aromatic nitrogens is 2. The van der Waals surface area contributed by atoms with Crippen molar-refractivity contribution in [3.63, 3.8) is 0 Å². The van der Waals surface area contributed by atoms with Crippen LogP contribution in [-0.2, 0) is 0 Å². The van der Waals surface area contributed by atoms with Crippen molar-refractivity contribution < 1.29 is 9.18 Å². The molecule has 0 aliphatic carbocycles. The second-order valence-electron chi connectivity index (χ2n) is 5.16. The van der Waals surface area contributed by atoms with E-state index in [2.05, 4.69) is 5.10 Å². The SMILES string of the molecule is CCC(C)(C)C(=O)c1cnn(-c2ccccc2)c1F. The molecular weight excluding hydrogens is 243 g/mol. The maximum Gasteiger partial charge on any atom is 0.227 e. The predicted molar refractivity (Wildman–Crippen MR) is 71.9 cm³/mol. The minimum atomic E-state index is -0.599. The Kier molecular flexibility index (Phi) is 3.51. The monoisotopic (exact) mass is 260 g/mol. The summed E-state index contributed by atoms with van der Waals surface area (Å²) in [6, 6.07) is 8.93. The summed E-state index contributed by atoms with van der Waals surface area (Å²) in [6.07, 6.45) is 1.96. The molecule has 0 saturated heterocycles. The lowest BCUT2D eigenvalue weighted by molar-refractivity contribution is 0.0828. The quantitative estimate of drug-likeness (QED) is 0.787. The Balaban J connectivity index is 2.42. The van der Waals surface area contributed by atoms with Crippen LogP contribution in [0.2, 0.25) is 0 Å². The number of halogens is 1. The van der Waals surface area contributed by atoms with E-state index in [4.69, 9.17) is 0 Å². The zero-order chi connectivity index (χ0) is 14.0. The normalized spacial score (nSPS) is 11.6. The van der Waals surface area contributed by atoms with Gasteiger partial charge in [-0.3, -0.25) is 4.79 Å². The summed E-state index contributed by atoms with van der Waals surface area (Å²) in [5, 5.41) is 3.98. The number of ketones is 1. The van der Waals surface area contributed by atoms with E-state index in [1.165, 1.54) is 6.20 Å². The van der Waals surface area contributed by atoms with Crippen LogP contribution in [-0.4, -0.2) is 15.6 Å². The fourth-order valence-electron chi connectivity index (χ4n) is 1.76. The number of benzene rings is 1. The summed E-state index contributed by atoms with van der Waals surface area (Å²) in [5.41, 5.74) is 0.0785. The molecule has 0 aliphatic rings. The van der Waals surface area contributed by atoms with Crippen molar-refractivity contribution in [3.8, 4) is 5.69 Å². The van der Waals surface area contributed by atoms with Crippen molar-refractivity contribution in [1.82, 2.24) is 9.78 Å². The highest BCUT2D eigenvalue weighted by Gasteiger charge is 2.30. The Morgan fingerprint density at radius 3 is 2.53 bits per heavy atom. The van der Waals surface area contributed by atoms with Crippen LogP contribution in [0.15, 0.2) is 36.5 Å². The molecule has 100 valence electrons. The van der Waals surface area contributed by atoms with Crippen molar-refractivity contribution in [2.75, 3.05) is 0 Å². The number of carbonyl (C=O) groups is 1. The first kappa shape index (κ1) is 13.5. The molecule has 3 nitrogen and oxygen atoms in total. The molecule has 0 saturated carbocycles. The Labute approximate surface area is 112 Å². The van der Waals surface area contributed by atoms with E-state index in [1.807, 2.05) is 26.8 Å². The maximum absolute atomic E-state index is 14.3. The van der Waals surface area contributed by atoms with E-state index in [-0.39, 0.29) is 11.3 Å². The van der Waals surface area contributed by atoms with Gasteiger partial charge in [0.05, 0.1) is 17.4 Å². The molecule has 0 bridgehead atoms. The first-order valence-electron chi connectivity index (χ1n) is 6.31. The predicted octanol–water partition coefficient (Wildman–Crippen LogP) is 3.63. The molecule has 0 unspecified atom stereocenters. The van der Waals surface area contributed by atoms with E-state index in [0.717, 1.165) is 4.68 Å². The van der Waals surface area contributed by atoms with Gasteiger partial charge in [-0.05, 0) is 18.6 Å². The van der Waals surface area contributed by atoms with Gasteiger partial charge in [-0.15, -0.1) is 0 Å². The average Bonchev–Trinajstić information content (AvgIpc) is 2.80. The standard InChI is InChI=1S/C15H17FN2O/c1-4-15(2,3)13(19)12-10-17-18(14(12)16)11-8-6-5-7-9-11/h5-10H,4H2,1-3H3. The molecule has 0 fully saturated rings. The summed E-state index contributed by atoms with van der Waals surface area (Å²) in [6.45, 7) is 5.54. The highest BCUT2D eigenvalue weighted by Crippen LogP contribution is 2.27. The van der Waals surface area contributed by atoms with E-state index >= 15 is 0 Å². The van der Waals surface area contributed by atoms with Crippen LogP contribution in [0, 0.1) is 11.4 Å². The lowest BCUT2D eigenvalue weighted by atomic mass is 9.83. The molecule has 19 heavy (non-hydrogen) atoms. The summed E-state index contributed by atoms with van der Waals surface area (Å²) >= 11 is 0. The molecule has 1 aromatic carbocycles. The number of Topliss-reactive ketones (excluding diaryl/α,β-unsaturated/α-hetero) is 1. The minimum Gasteiger partial charge on any atom is -0.293 e. The van der Waals surface area contributed by atoms with Gasteiger partial charge in [-0.1, -0.05) is 39.0 Å². The molecule has 0 amide bonds. The molecule has 0 spiro atoms. The highest BCUT2D eigenvalue weighted by atomic mass is 19.1. The van der Waals surface area contributed by atoms with Gasteiger partial charge in [0.15, 0.2) is 5.78 Å². The van der Waals surface area contributed by atoms with Crippen molar-refractivity contribution in [3.05, 3.63) is 48.0 Å². The number of hydrogen-bond donors (Lipinski definition) is 0. The summed E-state index contributed by atoms with van der Waals surface area (Å²) < 4.78 is 15.5. The molecule has 1 aromatic heterocycles. The van der Waals surface area contributed by atoms with Crippen LogP contribution in [0.1, 0.15) is 37.6 Å². The first-order chi connectivity index (χ1) is 8.97. The van der Waals surface area contributed by atoms with Crippen LogP contribution >= 0.6 is 0 Å². The molecule has 4 heteroatoms. The van der Waals surface area contributed by atoms with Gasteiger partial charge in [0.2, 0.25) is 5.95 Å². The van der Waals surface area contributed by atoms with Crippen molar-refractivity contribution in [2.24, 2.45) is 5.41 Å². The molecule has 2 rings (SSSR count). The van der Waals surface area contributed by atoms with Crippen molar-refractivity contribution >= 4 is 5.78 Å². The molecule has 0 atom stereocenters. The van der Waals surface area contributed by atoms with Gasteiger partial charge in [0, 0.05) is 5.41 Å². The summed E-state index contributed by atoms with van der Waals surface area (Å²) in [7, 11) is 0. The lowest BCUT2D eigenvalue weighted by Gasteiger charge is -2.19. The van der Waals surface area contributed by atoms with Crippen molar-refractivity contribution in [2.45, 2.75) is 27.2 Å². The number of hydrogen-bond acceptors (Lipinski definition) is 2. The van der Waals surface area contributed by atoms with E-state index in [1.54, 1.807) is 24.3 Å². The summed E-state index contributed by atoms with van der Waals surface area (Å²) in [4.78, 5) is 12.3. The topological polar surface area (TPSA) is 34.9 Å². The molecule has 2 aromatic rings. The number of rotatable bonds is 4. The zero-order valence-electron chi connectivity index (χ0n) is 11.4. The Morgan fingerprint density at radius 1 is 1.32 bits per heavy atom. The smallest absolute Gasteiger partial charge is 0.227 e. The van der Waals surface area contributed by atoms with Crippen LogP contribution in [0.5, 0.6) is 0 Å². The summed E-state index contributed by atoms with van der Waals surface area (Å²) in [5.74, 6) is -0.813. The third-order valence-electron chi connectivity index (χ3n) is 3.45. The molecule has 1 heterocycles. The Bertz CT molecular complexity index is 587. The van der Waals surface area contributed by atoms with Crippen LogP contribution in [0.25, 0.3) is 5.69 Å². The second-order valence-corrected chi connectivity index (χ2v) is 5.16. The Hall–Kier alpha value is -1.97. The maximum atomic E-state index is 14.3. The fourth-order valence-corrected chi connectivity index (χ4v) is 1.76. The van der Waals surface area contributed by atoms with Crippen LogP contribution < -0.4 is 0 Å². The van der Waals surface area contributed by atoms with Gasteiger partial charge in [-0.25, -0.2) is 4.68 Å². The number of para-hydroxylation sites is 1.